The summed E-state index contributed by atoms with van der Waals surface area (Å²) < 4.78 is 5.39. The Bertz CT molecular complexity index is 263. The number of hydrogen-bond donors (Lipinski definition) is 1. The molecule has 1 heterocycles. The number of nitrogens with one attached hydrogen (secondary N) is 1. The topological polar surface area (TPSA) is 41.6 Å². The van der Waals surface area contributed by atoms with Crippen molar-refractivity contribution in [3.8, 4) is 0 Å². The highest BCUT2D eigenvalue weighted by Gasteiger charge is 2.20. The zero-order valence-corrected chi connectivity index (χ0v) is 12.2. The molecule has 110 valence electrons. The van der Waals surface area contributed by atoms with Gasteiger partial charge in [-0.3, -0.25) is 9.69 Å². The Morgan fingerprint density at radius 2 is 2.11 bits per heavy atom. The Balaban J connectivity index is 2.36. The van der Waals surface area contributed by atoms with Crippen LogP contribution in [0.2, 0.25) is 0 Å². The van der Waals surface area contributed by atoms with Crippen LogP contribution in [0.3, 0.4) is 0 Å². The van der Waals surface area contributed by atoms with E-state index in [4.69, 9.17) is 4.74 Å². The molecule has 0 aromatic carbocycles. The smallest absolute Gasteiger partial charge is 0.243 e. The van der Waals surface area contributed by atoms with Gasteiger partial charge in [-0.1, -0.05) is 39.2 Å². The van der Waals surface area contributed by atoms with Crippen molar-refractivity contribution in [3.05, 3.63) is 12.7 Å². The predicted molar refractivity (Wildman–Crippen MR) is 78.1 cm³/mol. The quantitative estimate of drug-likeness (QED) is 0.513. The van der Waals surface area contributed by atoms with Gasteiger partial charge < -0.3 is 10.1 Å². The van der Waals surface area contributed by atoms with Crippen LogP contribution in [0.25, 0.3) is 0 Å². The van der Waals surface area contributed by atoms with Gasteiger partial charge in [-0.15, -0.1) is 0 Å². The molecule has 1 saturated heterocycles. The summed E-state index contributed by atoms with van der Waals surface area (Å²) in [4.78, 5) is 13.7. The normalized spacial score (nSPS) is 17.9. The van der Waals surface area contributed by atoms with E-state index in [9.17, 15) is 4.79 Å². The van der Waals surface area contributed by atoms with Gasteiger partial charge in [0.2, 0.25) is 5.91 Å². The van der Waals surface area contributed by atoms with E-state index in [2.05, 4.69) is 23.7 Å². The number of unbranched alkanes of at least 4 members (excludes halogenated alkanes) is 3. The molecule has 1 aliphatic heterocycles. The largest absolute Gasteiger partial charge is 0.379 e. The first-order valence-electron chi connectivity index (χ1n) is 7.50. The molecule has 0 spiro atoms. The van der Waals surface area contributed by atoms with Crippen molar-refractivity contribution in [2.75, 3.05) is 32.8 Å². The fourth-order valence-corrected chi connectivity index (χ4v) is 2.45. The summed E-state index contributed by atoms with van der Waals surface area (Å²) in [6.07, 6.45) is 7.57. The van der Waals surface area contributed by atoms with Crippen LogP contribution in [0.5, 0.6) is 0 Å². The Labute approximate surface area is 117 Å². The average molecular weight is 268 g/mol. The minimum Gasteiger partial charge on any atom is -0.379 e. The molecule has 4 nitrogen and oxygen atoms in total. The molecule has 0 bridgehead atoms. The summed E-state index contributed by atoms with van der Waals surface area (Å²) in [5.41, 5.74) is 0. The second kappa shape index (κ2) is 9.98. The van der Waals surface area contributed by atoms with Crippen LogP contribution < -0.4 is 5.32 Å². The van der Waals surface area contributed by atoms with E-state index >= 15 is 0 Å². The second-order valence-corrected chi connectivity index (χ2v) is 5.10. The van der Waals surface area contributed by atoms with Crippen LogP contribution in [-0.4, -0.2) is 49.7 Å². The van der Waals surface area contributed by atoms with Crippen LogP contribution in [-0.2, 0) is 9.53 Å². The average Bonchev–Trinajstić information content (AvgIpc) is 2.47. The number of nitrogens with zero attached hydrogens (tertiary/aromatic N) is 1. The van der Waals surface area contributed by atoms with Gasteiger partial charge in [0.15, 0.2) is 0 Å². The lowest BCUT2D eigenvalue weighted by Crippen LogP contribution is -2.48. The Morgan fingerprint density at radius 3 is 2.74 bits per heavy atom. The first-order chi connectivity index (χ1) is 9.27. The number of rotatable bonds is 9. The maximum atomic E-state index is 11.3. The van der Waals surface area contributed by atoms with Crippen LogP contribution in [0.1, 0.15) is 39.0 Å². The molecular formula is C15H28N2O2. The minimum absolute atomic E-state index is 0.0770. The van der Waals surface area contributed by atoms with Gasteiger partial charge in [-0.05, 0) is 12.5 Å². The van der Waals surface area contributed by atoms with E-state index in [0.29, 0.717) is 6.04 Å². The molecule has 1 rings (SSSR count). The summed E-state index contributed by atoms with van der Waals surface area (Å²) in [6.45, 7) is 10.00. The van der Waals surface area contributed by atoms with E-state index in [-0.39, 0.29) is 5.91 Å². The van der Waals surface area contributed by atoms with Gasteiger partial charge in [0.25, 0.3) is 0 Å². The van der Waals surface area contributed by atoms with Gasteiger partial charge in [0.05, 0.1) is 13.2 Å². The number of amides is 1. The monoisotopic (exact) mass is 268 g/mol. The van der Waals surface area contributed by atoms with Gasteiger partial charge in [-0.2, -0.15) is 0 Å². The molecular weight excluding hydrogens is 240 g/mol. The SMILES string of the molecule is C=CC(=O)NCC(CCCCCC)N1CCOCC1. The summed E-state index contributed by atoms with van der Waals surface area (Å²) in [6, 6.07) is 0.435. The van der Waals surface area contributed by atoms with Crippen LogP contribution in [0, 0.1) is 0 Å². The van der Waals surface area contributed by atoms with Gasteiger partial charge >= 0.3 is 0 Å². The molecule has 0 saturated carbocycles. The summed E-state index contributed by atoms with van der Waals surface area (Å²) in [7, 11) is 0. The molecule has 0 aliphatic carbocycles. The van der Waals surface area contributed by atoms with E-state index in [1.54, 1.807) is 0 Å². The second-order valence-electron chi connectivity index (χ2n) is 5.10. The Hall–Kier alpha value is -0.870. The van der Waals surface area contributed by atoms with Gasteiger partial charge in [-0.25, -0.2) is 0 Å². The lowest BCUT2D eigenvalue weighted by molar-refractivity contribution is -0.116. The van der Waals surface area contributed by atoms with E-state index in [0.717, 1.165) is 39.3 Å². The zero-order valence-electron chi connectivity index (χ0n) is 12.2. The van der Waals surface area contributed by atoms with Crippen LogP contribution in [0.15, 0.2) is 12.7 Å². The molecule has 1 unspecified atom stereocenters. The fraction of sp³-hybridized carbons (Fsp3) is 0.800. The molecule has 1 N–H and O–H groups in total. The Kier molecular flexibility index (Phi) is 8.50. The minimum atomic E-state index is -0.0770. The first-order valence-corrected chi connectivity index (χ1v) is 7.50. The van der Waals surface area contributed by atoms with Gasteiger partial charge in [0, 0.05) is 25.7 Å². The highest BCUT2D eigenvalue weighted by atomic mass is 16.5. The first kappa shape index (κ1) is 16.2. The standard InChI is InChI=1S/C15H28N2O2/c1-3-5-6-7-8-14(13-16-15(18)4-2)17-9-11-19-12-10-17/h4,14H,2-3,5-13H2,1H3,(H,16,18). The van der Waals surface area contributed by atoms with Crippen molar-refractivity contribution in [2.24, 2.45) is 0 Å². The molecule has 1 fully saturated rings. The van der Waals surface area contributed by atoms with Crippen molar-refractivity contribution in [2.45, 2.75) is 45.1 Å². The highest BCUT2D eigenvalue weighted by Crippen LogP contribution is 2.12. The molecule has 0 aromatic rings. The molecule has 1 amide bonds. The predicted octanol–water partition coefficient (Wildman–Crippen LogP) is 1.96. The van der Waals surface area contributed by atoms with E-state index < -0.39 is 0 Å². The maximum absolute atomic E-state index is 11.3. The number of carbonyl (C=O) groups excluding carboxylic acids is 1. The van der Waals surface area contributed by atoms with E-state index in [1.807, 2.05) is 0 Å². The van der Waals surface area contributed by atoms with Crippen LogP contribution in [0.4, 0.5) is 0 Å². The third kappa shape index (κ3) is 6.73. The molecule has 1 aliphatic rings. The zero-order chi connectivity index (χ0) is 13.9. The molecule has 0 radical (unpaired) electrons. The van der Waals surface area contributed by atoms with Crippen molar-refractivity contribution in [1.29, 1.82) is 0 Å². The number of carbonyl (C=O) groups is 1. The highest BCUT2D eigenvalue weighted by molar-refractivity contribution is 5.86. The molecule has 4 heteroatoms. The lowest BCUT2D eigenvalue weighted by Gasteiger charge is -2.34. The maximum Gasteiger partial charge on any atom is 0.243 e. The van der Waals surface area contributed by atoms with Crippen LogP contribution >= 0.6 is 0 Å². The van der Waals surface area contributed by atoms with Crippen molar-refractivity contribution < 1.29 is 9.53 Å². The van der Waals surface area contributed by atoms with Crippen molar-refractivity contribution in [1.82, 2.24) is 10.2 Å². The molecule has 19 heavy (non-hydrogen) atoms. The van der Waals surface area contributed by atoms with E-state index in [1.165, 1.54) is 31.8 Å². The number of hydrogen-bond acceptors (Lipinski definition) is 3. The molecule has 1 atom stereocenters. The third-order valence-electron chi connectivity index (χ3n) is 3.65. The number of morpholine rings is 1. The van der Waals surface area contributed by atoms with Crippen molar-refractivity contribution >= 4 is 5.91 Å². The summed E-state index contributed by atoms with van der Waals surface area (Å²) in [5, 5.41) is 2.93. The van der Waals surface area contributed by atoms with Crippen molar-refractivity contribution in [3.63, 3.8) is 0 Å². The summed E-state index contributed by atoms with van der Waals surface area (Å²) in [5.74, 6) is -0.0770. The number of ether oxygens (including phenoxy) is 1. The third-order valence-corrected chi connectivity index (χ3v) is 3.65. The Morgan fingerprint density at radius 1 is 1.37 bits per heavy atom. The lowest BCUT2D eigenvalue weighted by atomic mass is 10.1. The van der Waals surface area contributed by atoms with Gasteiger partial charge in [0.1, 0.15) is 0 Å². The fourth-order valence-electron chi connectivity index (χ4n) is 2.45. The molecule has 0 aromatic heterocycles. The summed E-state index contributed by atoms with van der Waals surface area (Å²) >= 11 is 0.